The molecule has 0 aromatic heterocycles. The molecule has 0 bridgehead atoms. The van der Waals surface area contributed by atoms with Crippen molar-refractivity contribution in [2.75, 3.05) is 0 Å². The molecule has 72 valence electrons. The second-order valence-electron chi connectivity index (χ2n) is 3.29. The van der Waals surface area contributed by atoms with Gasteiger partial charge in [-0.2, -0.15) is 0 Å². The Morgan fingerprint density at radius 3 is 2.62 bits per heavy atom. The van der Waals surface area contributed by atoms with Crippen LogP contribution in [0.1, 0.15) is 12.5 Å². The van der Waals surface area contributed by atoms with Crippen LogP contribution in [0.15, 0.2) is 18.2 Å². The third-order valence-electron chi connectivity index (χ3n) is 2.33. The van der Waals surface area contributed by atoms with Gasteiger partial charge in [-0.05, 0) is 0 Å². The topological polar surface area (TPSA) is 14.0 Å². The maximum Gasteiger partial charge on any atom is -1.00 e. The van der Waals surface area contributed by atoms with Gasteiger partial charge in [-0.25, -0.2) is 0 Å². The molecular formula is C10H14BrNSe. The Kier molecular flexibility index (Phi) is 3.33. The van der Waals surface area contributed by atoms with Crippen molar-refractivity contribution < 1.29 is 22.0 Å². The summed E-state index contributed by atoms with van der Waals surface area (Å²) in [4.78, 5) is 3.46. The number of rotatable bonds is 0. The van der Waals surface area contributed by atoms with E-state index in [1.54, 1.807) is 4.46 Å². The van der Waals surface area contributed by atoms with Gasteiger partial charge in [-0.1, -0.05) is 0 Å². The van der Waals surface area contributed by atoms with Crippen molar-refractivity contribution in [1.29, 1.82) is 0 Å². The number of hydrogen-bond donors (Lipinski definition) is 1. The number of benzene rings is 1. The number of halogens is 1. The largest absolute Gasteiger partial charge is 1.00 e. The second-order valence-corrected chi connectivity index (χ2v) is 8.05. The van der Waals surface area contributed by atoms with E-state index in [2.05, 4.69) is 42.9 Å². The molecule has 3 heteroatoms. The van der Waals surface area contributed by atoms with Crippen molar-refractivity contribution in [1.82, 2.24) is 0 Å². The normalized spacial score (nSPS) is 21.8. The van der Waals surface area contributed by atoms with Crippen LogP contribution in [0, 0.1) is 6.92 Å². The summed E-state index contributed by atoms with van der Waals surface area (Å²) in [5.74, 6) is 2.39. The van der Waals surface area contributed by atoms with Gasteiger partial charge in [-0.15, -0.1) is 0 Å². The standard InChI is InChI=1S/C10H13NSe.BrH/c1-7-4-5-9-10(6-7)12(3)8(2)11-9;/h4-6,12H,1-3H3;1H. The van der Waals surface area contributed by atoms with Gasteiger partial charge in [0.2, 0.25) is 0 Å². The Bertz CT molecular complexity index is 360. The van der Waals surface area contributed by atoms with Crippen LogP contribution in [0.3, 0.4) is 0 Å². The van der Waals surface area contributed by atoms with Crippen molar-refractivity contribution >= 4 is 28.7 Å². The summed E-state index contributed by atoms with van der Waals surface area (Å²) in [6.07, 6.45) is 0. The zero-order chi connectivity index (χ0) is 8.72. The molecule has 0 saturated carbocycles. The van der Waals surface area contributed by atoms with Crippen LogP contribution in [0.25, 0.3) is 0 Å². The Morgan fingerprint density at radius 1 is 1.23 bits per heavy atom. The smallest absolute Gasteiger partial charge is 1.00 e. The first-order valence-electron chi connectivity index (χ1n) is 4.13. The van der Waals surface area contributed by atoms with Crippen LogP contribution in [-0.2, 0) is 0 Å². The van der Waals surface area contributed by atoms with Crippen LogP contribution in [-0.4, -0.2) is 18.5 Å². The number of fused-ring (bicyclic) bond motifs is 1. The summed E-state index contributed by atoms with van der Waals surface area (Å²) < 4.78 is 3.09. The Labute approximate surface area is 93.9 Å². The van der Waals surface area contributed by atoms with Crippen molar-refractivity contribution in [3.63, 3.8) is 0 Å². The molecule has 1 aliphatic rings. The fourth-order valence-electron chi connectivity index (χ4n) is 1.48. The van der Waals surface area contributed by atoms with E-state index in [1.807, 2.05) is 0 Å². The molecule has 0 spiro atoms. The SMILES string of the molecule is CC1=[NH+]c2ccc(C)cc2[SeH]1C.[Br-]. The van der Waals surface area contributed by atoms with E-state index in [4.69, 9.17) is 0 Å². The van der Waals surface area contributed by atoms with Gasteiger partial charge < -0.3 is 17.0 Å². The summed E-state index contributed by atoms with van der Waals surface area (Å²) in [6.45, 7) is 4.38. The number of hydrogen-bond acceptors (Lipinski definition) is 0. The first-order valence-corrected chi connectivity index (χ1v) is 7.89. The average molecular weight is 307 g/mol. The Balaban J connectivity index is 0.000000845. The number of aryl methyl sites for hydroxylation is 1. The van der Waals surface area contributed by atoms with E-state index >= 15 is 0 Å². The zero-order valence-corrected chi connectivity index (χ0v) is 11.5. The molecule has 2 rings (SSSR count). The molecule has 1 N–H and O–H groups in total. The molecule has 0 radical (unpaired) electrons. The molecule has 0 saturated heterocycles. The molecule has 1 heterocycles. The molecule has 0 aliphatic carbocycles. The molecule has 1 aromatic carbocycles. The predicted molar refractivity (Wildman–Crippen MR) is 55.1 cm³/mol. The van der Waals surface area contributed by atoms with Crippen molar-refractivity contribution in [3.8, 4) is 0 Å². The van der Waals surface area contributed by atoms with E-state index < -0.39 is 13.9 Å². The van der Waals surface area contributed by atoms with Gasteiger partial charge >= 0.3 is 77.1 Å². The van der Waals surface area contributed by atoms with Crippen molar-refractivity contribution in [3.05, 3.63) is 23.8 Å². The molecule has 0 fully saturated rings. The van der Waals surface area contributed by atoms with Gasteiger partial charge in [0.1, 0.15) is 0 Å². The Hall–Kier alpha value is -0.111. The number of nitrogens with one attached hydrogen (secondary N) is 1. The van der Waals surface area contributed by atoms with Crippen LogP contribution < -0.4 is 26.4 Å². The summed E-state index contributed by atoms with van der Waals surface area (Å²) >= 11 is -0.830. The van der Waals surface area contributed by atoms with Crippen LogP contribution in [0.4, 0.5) is 5.69 Å². The maximum atomic E-state index is 3.46. The monoisotopic (exact) mass is 307 g/mol. The van der Waals surface area contributed by atoms with Gasteiger partial charge in [0, 0.05) is 0 Å². The van der Waals surface area contributed by atoms with E-state index in [0.29, 0.717) is 0 Å². The molecule has 13 heavy (non-hydrogen) atoms. The minimum atomic E-state index is -0.830. The fraction of sp³-hybridized carbons (Fsp3) is 0.300. The van der Waals surface area contributed by atoms with Gasteiger partial charge in [-0.3, -0.25) is 0 Å². The van der Waals surface area contributed by atoms with Crippen LogP contribution >= 0.6 is 0 Å². The fourth-order valence-corrected chi connectivity index (χ4v) is 4.71. The third kappa shape index (κ3) is 1.88. The summed E-state index contributed by atoms with van der Waals surface area (Å²) in [5.41, 5.74) is 2.73. The van der Waals surface area contributed by atoms with Gasteiger partial charge in [0.15, 0.2) is 0 Å². The van der Waals surface area contributed by atoms with Crippen molar-refractivity contribution in [2.24, 2.45) is 0 Å². The summed E-state index contributed by atoms with van der Waals surface area (Å²) in [6, 6.07) is 6.71. The molecule has 1 atom stereocenters. The second kappa shape index (κ2) is 3.95. The van der Waals surface area contributed by atoms with Gasteiger partial charge in [0.05, 0.1) is 0 Å². The quantitative estimate of drug-likeness (QED) is 0.485. The van der Waals surface area contributed by atoms with E-state index in [1.165, 1.54) is 15.9 Å². The average Bonchev–Trinajstić information content (AvgIpc) is 2.31. The van der Waals surface area contributed by atoms with E-state index in [0.717, 1.165) is 0 Å². The predicted octanol–water partition coefficient (Wildman–Crippen LogP) is -3.21. The molecular weight excluding hydrogens is 293 g/mol. The molecule has 1 unspecified atom stereocenters. The minimum absolute atomic E-state index is 0. The zero-order valence-electron chi connectivity index (χ0n) is 8.06. The van der Waals surface area contributed by atoms with Crippen LogP contribution in [0.5, 0.6) is 0 Å². The summed E-state index contributed by atoms with van der Waals surface area (Å²) in [7, 11) is 0. The van der Waals surface area contributed by atoms with Crippen molar-refractivity contribution in [2.45, 2.75) is 19.7 Å². The molecule has 1 aliphatic heterocycles. The first-order chi connectivity index (χ1) is 5.68. The van der Waals surface area contributed by atoms with E-state index in [9.17, 15) is 0 Å². The molecule has 1 nitrogen and oxygen atoms in total. The Morgan fingerprint density at radius 2 is 1.92 bits per heavy atom. The first kappa shape index (κ1) is 11.0. The van der Waals surface area contributed by atoms with E-state index in [-0.39, 0.29) is 17.0 Å². The third-order valence-corrected chi connectivity index (χ3v) is 6.97. The molecule has 1 aromatic rings. The summed E-state index contributed by atoms with van der Waals surface area (Å²) in [5, 5.41) is 0. The molecule has 0 amide bonds. The van der Waals surface area contributed by atoms with Crippen LogP contribution in [0.2, 0.25) is 5.82 Å². The maximum absolute atomic E-state index is 3.46. The minimum Gasteiger partial charge on any atom is -1.00 e. The van der Waals surface area contributed by atoms with Gasteiger partial charge in [0.25, 0.3) is 0 Å².